The molecule has 0 radical (unpaired) electrons. The first kappa shape index (κ1) is 13.0. The van der Waals surface area contributed by atoms with Gasteiger partial charge in [0.25, 0.3) is 0 Å². The van der Waals surface area contributed by atoms with Gasteiger partial charge in [0.2, 0.25) is 0 Å². The number of carbonyl (C=O) groups excluding carboxylic acids is 1. The zero-order valence-corrected chi connectivity index (χ0v) is 12.5. The van der Waals surface area contributed by atoms with Crippen LogP contribution in [-0.4, -0.2) is 15.8 Å². The molecular formula is C18H12N2OS. The van der Waals surface area contributed by atoms with E-state index in [1.807, 2.05) is 22.8 Å². The van der Waals surface area contributed by atoms with Gasteiger partial charge in [0.05, 0.1) is 11.0 Å². The molecule has 0 unspecified atom stereocenters. The number of aldehydes is 1. The first-order valence-corrected chi connectivity index (χ1v) is 7.80. The van der Waals surface area contributed by atoms with Gasteiger partial charge in [-0.15, -0.1) is 11.3 Å². The van der Waals surface area contributed by atoms with Crippen LogP contribution < -0.4 is 0 Å². The van der Waals surface area contributed by atoms with E-state index in [1.54, 1.807) is 17.7 Å². The lowest BCUT2D eigenvalue weighted by Crippen LogP contribution is -1.92. The topological polar surface area (TPSA) is 34.9 Å². The Bertz CT molecular complexity index is 954. The second-order valence-electron chi connectivity index (χ2n) is 5.01. The fourth-order valence-corrected chi connectivity index (χ4v) is 3.28. The van der Waals surface area contributed by atoms with Crippen LogP contribution in [0.1, 0.15) is 10.4 Å². The quantitative estimate of drug-likeness (QED) is 0.520. The molecule has 2 aromatic heterocycles. The van der Waals surface area contributed by atoms with E-state index in [4.69, 9.17) is 0 Å². The number of fused-ring (bicyclic) bond motifs is 1. The van der Waals surface area contributed by atoms with Gasteiger partial charge in [0.15, 0.2) is 0 Å². The number of hydrogen-bond donors (Lipinski definition) is 0. The number of nitrogens with zero attached hydrogens (tertiary/aromatic N) is 2. The number of imidazole rings is 1. The highest BCUT2D eigenvalue weighted by Crippen LogP contribution is 2.27. The largest absolute Gasteiger partial charge is 0.299 e. The van der Waals surface area contributed by atoms with Crippen LogP contribution in [0.5, 0.6) is 0 Å². The molecule has 4 heteroatoms. The number of benzene rings is 2. The molecular weight excluding hydrogens is 292 g/mol. The molecule has 22 heavy (non-hydrogen) atoms. The minimum atomic E-state index is 0.644. The minimum Gasteiger partial charge on any atom is -0.299 e. The molecule has 0 N–H and O–H groups in total. The highest BCUT2D eigenvalue weighted by atomic mass is 32.1. The molecule has 0 aliphatic carbocycles. The average Bonchev–Trinajstić information content (AvgIpc) is 3.24. The summed E-state index contributed by atoms with van der Waals surface area (Å²) in [4.78, 5) is 16.5. The first-order valence-electron chi connectivity index (χ1n) is 6.92. The van der Waals surface area contributed by atoms with Gasteiger partial charge in [-0.3, -0.25) is 9.36 Å². The third-order valence-corrected chi connectivity index (χ3v) is 4.56. The standard InChI is InChI=1S/C18H12N2OS/c21-11-13-6-7-17-16(9-13)19-12-20(17)15-4-1-3-14(10-15)18-5-2-8-22-18/h1-12H. The number of aromatic nitrogens is 2. The molecule has 0 spiro atoms. The molecule has 0 saturated heterocycles. The van der Waals surface area contributed by atoms with Crippen LogP contribution in [-0.2, 0) is 0 Å². The van der Waals surface area contributed by atoms with E-state index in [0.29, 0.717) is 5.56 Å². The van der Waals surface area contributed by atoms with E-state index < -0.39 is 0 Å². The van der Waals surface area contributed by atoms with Crippen molar-refractivity contribution >= 4 is 28.7 Å². The van der Waals surface area contributed by atoms with Crippen LogP contribution >= 0.6 is 11.3 Å². The maximum atomic E-state index is 10.9. The van der Waals surface area contributed by atoms with Crippen molar-refractivity contribution in [3.05, 3.63) is 71.9 Å². The predicted octanol–water partition coefficient (Wildman–Crippen LogP) is 4.57. The molecule has 0 saturated carbocycles. The van der Waals surface area contributed by atoms with E-state index in [-0.39, 0.29) is 0 Å². The summed E-state index contributed by atoms with van der Waals surface area (Å²) in [7, 11) is 0. The highest BCUT2D eigenvalue weighted by Gasteiger charge is 2.07. The summed E-state index contributed by atoms with van der Waals surface area (Å²) in [6.45, 7) is 0. The smallest absolute Gasteiger partial charge is 0.150 e. The molecule has 0 atom stereocenters. The molecule has 4 aromatic rings. The zero-order chi connectivity index (χ0) is 14.9. The number of hydrogen-bond acceptors (Lipinski definition) is 3. The summed E-state index contributed by atoms with van der Waals surface area (Å²) in [6.07, 6.45) is 2.64. The molecule has 2 heterocycles. The van der Waals surface area contributed by atoms with Crippen molar-refractivity contribution in [3.63, 3.8) is 0 Å². The molecule has 0 amide bonds. The third kappa shape index (κ3) is 2.14. The molecule has 2 aromatic carbocycles. The van der Waals surface area contributed by atoms with Crippen molar-refractivity contribution < 1.29 is 4.79 Å². The van der Waals surface area contributed by atoms with E-state index >= 15 is 0 Å². The molecule has 4 rings (SSSR count). The summed E-state index contributed by atoms with van der Waals surface area (Å²) in [5.74, 6) is 0. The minimum absolute atomic E-state index is 0.644. The van der Waals surface area contributed by atoms with Gasteiger partial charge in [-0.2, -0.15) is 0 Å². The Morgan fingerprint density at radius 3 is 2.82 bits per heavy atom. The van der Waals surface area contributed by atoms with E-state index in [9.17, 15) is 4.79 Å². The van der Waals surface area contributed by atoms with Crippen molar-refractivity contribution in [2.45, 2.75) is 0 Å². The van der Waals surface area contributed by atoms with Crippen LogP contribution in [0.15, 0.2) is 66.3 Å². The lowest BCUT2D eigenvalue weighted by atomic mass is 10.1. The normalized spacial score (nSPS) is 10.9. The van der Waals surface area contributed by atoms with Gasteiger partial charge in [-0.1, -0.05) is 18.2 Å². The monoisotopic (exact) mass is 304 g/mol. The summed E-state index contributed by atoms with van der Waals surface area (Å²) < 4.78 is 2.04. The SMILES string of the molecule is O=Cc1ccc2c(c1)ncn2-c1cccc(-c2cccs2)c1. The summed E-state index contributed by atoms with van der Waals surface area (Å²) in [6, 6.07) is 18.1. The number of thiophene rings is 1. The molecule has 3 nitrogen and oxygen atoms in total. The van der Waals surface area contributed by atoms with Gasteiger partial charge in [0.1, 0.15) is 12.6 Å². The van der Waals surface area contributed by atoms with Crippen LogP contribution in [0.3, 0.4) is 0 Å². The van der Waals surface area contributed by atoms with Crippen molar-refractivity contribution in [2.24, 2.45) is 0 Å². The van der Waals surface area contributed by atoms with Crippen molar-refractivity contribution in [2.75, 3.05) is 0 Å². The Morgan fingerprint density at radius 2 is 2.00 bits per heavy atom. The first-order chi connectivity index (χ1) is 10.8. The number of carbonyl (C=O) groups is 1. The number of rotatable bonds is 3. The fourth-order valence-electron chi connectivity index (χ4n) is 2.56. The van der Waals surface area contributed by atoms with Gasteiger partial charge in [0, 0.05) is 16.1 Å². The van der Waals surface area contributed by atoms with E-state index in [1.165, 1.54) is 10.4 Å². The molecule has 106 valence electrons. The Hall–Kier alpha value is -2.72. The molecule has 0 bridgehead atoms. The molecule has 0 aliphatic heterocycles. The van der Waals surface area contributed by atoms with Gasteiger partial charge in [-0.25, -0.2) is 4.98 Å². The lowest BCUT2D eigenvalue weighted by molar-refractivity contribution is 0.112. The Balaban J connectivity index is 1.85. The van der Waals surface area contributed by atoms with Gasteiger partial charge >= 0.3 is 0 Å². The van der Waals surface area contributed by atoms with Crippen molar-refractivity contribution in [1.82, 2.24) is 9.55 Å². The second kappa shape index (κ2) is 5.24. The fraction of sp³-hybridized carbons (Fsp3) is 0. The Morgan fingerprint density at radius 1 is 1.05 bits per heavy atom. The Labute approximate surface area is 131 Å². The predicted molar refractivity (Wildman–Crippen MR) is 89.8 cm³/mol. The van der Waals surface area contributed by atoms with Crippen molar-refractivity contribution in [3.8, 4) is 16.1 Å². The highest BCUT2D eigenvalue weighted by molar-refractivity contribution is 7.13. The molecule has 0 fully saturated rings. The van der Waals surface area contributed by atoms with Crippen LogP contribution in [0, 0.1) is 0 Å². The summed E-state index contributed by atoms with van der Waals surface area (Å²) in [5.41, 5.74) is 4.72. The second-order valence-corrected chi connectivity index (χ2v) is 5.96. The van der Waals surface area contributed by atoms with Crippen molar-refractivity contribution in [1.29, 1.82) is 0 Å². The van der Waals surface area contributed by atoms with E-state index in [2.05, 4.69) is 46.8 Å². The van der Waals surface area contributed by atoms with Crippen LogP contribution in [0.4, 0.5) is 0 Å². The third-order valence-electron chi connectivity index (χ3n) is 3.64. The molecule has 0 aliphatic rings. The van der Waals surface area contributed by atoms with Crippen LogP contribution in [0.25, 0.3) is 27.2 Å². The Kier molecular flexibility index (Phi) is 3.09. The lowest BCUT2D eigenvalue weighted by Gasteiger charge is -2.06. The van der Waals surface area contributed by atoms with E-state index in [0.717, 1.165) is 23.0 Å². The van der Waals surface area contributed by atoms with Gasteiger partial charge < -0.3 is 0 Å². The van der Waals surface area contributed by atoms with Crippen LogP contribution in [0.2, 0.25) is 0 Å². The average molecular weight is 304 g/mol. The zero-order valence-electron chi connectivity index (χ0n) is 11.6. The maximum absolute atomic E-state index is 10.9. The maximum Gasteiger partial charge on any atom is 0.150 e. The summed E-state index contributed by atoms with van der Waals surface area (Å²) in [5, 5.41) is 2.08. The summed E-state index contributed by atoms with van der Waals surface area (Å²) >= 11 is 1.73. The van der Waals surface area contributed by atoms with Gasteiger partial charge in [-0.05, 0) is 47.3 Å².